The standard InChI is InChI=1S/C36H42N6O14S/c1-56-27-13-10-22-4-2-3-5-23(22)32(27)36(52)42-26(16-20-6-8-21(9-7-20)19-57(53,54)55)35(51)39-18-29(44)41-25(12-15-31(47)48)34(50)38-17-28(43)40-24(33(37)49)11-14-30(45)46/h2-10,13,24-26H,11-12,14-19H2,1H3,(H2,37,49)(H,38,50)(H,39,51)(H,40,43)(H,41,44)(H,42,52)(H,45,46)(H,47,48)(H,53,54,55). The van der Waals surface area contributed by atoms with Crippen molar-refractivity contribution in [2.45, 2.75) is 56.0 Å². The molecule has 3 unspecified atom stereocenters. The minimum Gasteiger partial charge on any atom is -0.496 e. The number of nitrogens with one attached hydrogen (secondary N) is 5. The van der Waals surface area contributed by atoms with Gasteiger partial charge in [-0.2, -0.15) is 8.42 Å². The van der Waals surface area contributed by atoms with Gasteiger partial charge in [-0.15, -0.1) is 0 Å². The zero-order chi connectivity index (χ0) is 42.3. The lowest BCUT2D eigenvalue weighted by molar-refractivity contribution is -0.138. The summed E-state index contributed by atoms with van der Waals surface area (Å²) >= 11 is 0. The number of hydrogen-bond donors (Lipinski definition) is 9. The predicted octanol–water partition coefficient (Wildman–Crippen LogP) is -1.01. The summed E-state index contributed by atoms with van der Waals surface area (Å²) in [6, 6.07) is 11.8. The van der Waals surface area contributed by atoms with E-state index in [9.17, 15) is 56.4 Å². The molecule has 3 aromatic carbocycles. The fourth-order valence-electron chi connectivity index (χ4n) is 5.48. The van der Waals surface area contributed by atoms with Crippen LogP contribution in [-0.4, -0.2) is 109 Å². The summed E-state index contributed by atoms with van der Waals surface area (Å²) in [6.45, 7) is -1.52. The summed E-state index contributed by atoms with van der Waals surface area (Å²) in [5, 5.41) is 30.9. The number of hydrogen-bond acceptors (Lipinski definition) is 11. The molecule has 3 aromatic rings. The average molecular weight is 815 g/mol. The molecule has 0 heterocycles. The SMILES string of the molecule is COc1ccc2ccccc2c1C(=O)NC(Cc1ccc(CS(=O)(=O)O)cc1)C(=O)NCC(=O)NC(CCC(=O)O)C(=O)NCC(=O)NC(CCC(=O)O)C(N)=O. The van der Waals surface area contributed by atoms with Crippen molar-refractivity contribution in [3.63, 3.8) is 0 Å². The van der Waals surface area contributed by atoms with E-state index in [0.717, 1.165) is 0 Å². The van der Waals surface area contributed by atoms with Gasteiger partial charge in [-0.05, 0) is 40.8 Å². The van der Waals surface area contributed by atoms with Crippen LogP contribution in [0.4, 0.5) is 0 Å². The van der Waals surface area contributed by atoms with E-state index in [1.54, 1.807) is 36.4 Å². The monoisotopic (exact) mass is 814 g/mol. The Morgan fingerprint density at radius 2 is 1.23 bits per heavy atom. The normalized spacial score (nSPS) is 12.6. The lowest BCUT2D eigenvalue weighted by atomic mass is 10.0. The molecule has 0 radical (unpaired) electrons. The van der Waals surface area contributed by atoms with E-state index >= 15 is 0 Å². The molecule has 21 heteroatoms. The fourth-order valence-corrected chi connectivity index (χ4v) is 6.09. The second kappa shape index (κ2) is 20.9. The van der Waals surface area contributed by atoms with Crippen molar-refractivity contribution in [3.8, 4) is 5.75 Å². The number of carbonyl (C=O) groups excluding carboxylic acids is 6. The highest BCUT2D eigenvalue weighted by atomic mass is 32.2. The first-order chi connectivity index (χ1) is 26.9. The molecule has 0 bridgehead atoms. The van der Waals surface area contributed by atoms with Gasteiger partial charge in [0.25, 0.3) is 16.0 Å². The van der Waals surface area contributed by atoms with Crippen molar-refractivity contribution in [2.75, 3.05) is 20.2 Å². The zero-order valence-corrected chi connectivity index (χ0v) is 31.3. The lowest BCUT2D eigenvalue weighted by Gasteiger charge is -2.21. The Morgan fingerprint density at radius 3 is 1.77 bits per heavy atom. The number of primary amides is 1. The Kier molecular flexibility index (Phi) is 16.4. The highest BCUT2D eigenvalue weighted by Crippen LogP contribution is 2.28. The number of benzene rings is 3. The Balaban J connectivity index is 1.76. The summed E-state index contributed by atoms with van der Waals surface area (Å²) in [5.74, 6) is -8.52. The number of amides is 6. The Hall–Kier alpha value is -6.61. The van der Waals surface area contributed by atoms with Gasteiger partial charge >= 0.3 is 11.9 Å². The molecule has 0 saturated heterocycles. The van der Waals surface area contributed by atoms with Gasteiger partial charge in [-0.1, -0.05) is 54.6 Å². The number of ether oxygens (including phenoxy) is 1. The van der Waals surface area contributed by atoms with Crippen LogP contribution in [-0.2, 0) is 55.9 Å². The molecule has 0 fully saturated rings. The van der Waals surface area contributed by atoms with Crippen molar-refractivity contribution in [1.29, 1.82) is 0 Å². The highest BCUT2D eigenvalue weighted by Gasteiger charge is 2.27. The van der Waals surface area contributed by atoms with Gasteiger partial charge in [0.15, 0.2) is 0 Å². The van der Waals surface area contributed by atoms with E-state index in [2.05, 4.69) is 26.6 Å². The molecule has 57 heavy (non-hydrogen) atoms. The summed E-state index contributed by atoms with van der Waals surface area (Å²) in [5.41, 5.74) is 6.00. The number of carboxylic acid groups (broad SMARTS) is 2. The first-order valence-electron chi connectivity index (χ1n) is 17.1. The number of methoxy groups -OCH3 is 1. The number of carboxylic acids is 2. The molecule has 0 spiro atoms. The Morgan fingerprint density at radius 1 is 0.702 bits per heavy atom. The van der Waals surface area contributed by atoms with E-state index in [0.29, 0.717) is 16.3 Å². The molecular formula is C36H42N6O14S. The molecule has 0 aromatic heterocycles. The van der Waals surface area contributed by atoms with Gasteiger partial charge in [0.2, 0.25) is 29.5 Å². The van der Waals surface area contributed by atoms with Crippen LogP contribution in [0.3, 0.4) is 0 Å². The zero-order valence-electron chi connectivity index (χ0n) is 30.5. The van der Waals surface area contributed by atoms with Gasteiger partial charge in [0.1, 0.15) is 29.6 Å². The van der Waals surface area contributed by atoms with Crippen LogP contribution in [0.2, 0.25) is 0 Å². The van der Waals surface area contributed by atoms with Gasteiger partial charge in [-0.3, -0.25) is 42.9 Å². The quantitative estimate of drug-likeness (QED) is 0.0550. The van der Waals surface area contributed by atoms with Gasteiger partial charge in [0, 0.05) is 19.3 Å². The largest absolute Gasteiger partial charge is 0.496 e. The van der Waals surface area contributed by atoms with Gasteiger partial charge < -0.3 is 47.3 Å². The van der Waals surface area contributed by atoms with E-state index in [4.69, 9.17) is 15.6 Å². The van der Waals surface area contributed by atoms with Gasteiger partial charge in [0.05, 0.1) is 25.8 Å². The molecule has 20 nitrogen and oxygen atoms in total. The van der Waals surface area contributed by atoms with Crippen LogP contribution in [0.1, 0.15) is 47.2 Å². The number of aliphatic carboxylic acids is 2. The molecule has 306 valence electrons. The first kappa shape index (κ1) is 44.8. The summed E-state index contributed by atoms with van der Waals surface area (Å²) in [6.07, 6.45) is -2.01. The highest BCUT2D eigenvalue weighted by molar-refractivity contribution is 7.85. The number of rotatable bonds is 22. The molecule has 3 atom stereocenters. The Labute approximate surface area is 325 Å². The van der Waals surface area contributed by atoms with E-state index < -0.39 is 114 Å². The maximum absolute atomic E-state index is 13.8. The lowest BCUT2D eigenvalue weighted by Crippen LogP contribution is -2.54. The van der Waals surface area contributed by atoms with Crippen LogP contribution >= 0.6 is 0 Å². The second-order valence-electron chi connectivity index (χ2n) is 12.6. The third kappa shape index (κ3) is 14.9. The predicted molar refractivity (Wildman–Crippen MR) is 200 cm³/mol. The minimum absolute atomic E-state index is 0.112. The molecule has 10 N–H and O–H groups in total. The van der Waals surface area contributed by atoms with E-state index in [1.165, 1.54) is 31.4 Å². The average Bonchev–Trinajstić information content (AvgIpc) is 3.15. The van der Waals surface area contributed by atoms with Crippen molar-refractivity contribution in [1.82, 2.24) is 26.6 Å². The molecule has 0 saturated carbocycles. The molecule has 0 aliphatic heterocycles. The van der Waals surface area contributed by atoms with Crippen LogP contribution in [0, 0.1) is 0 Å². The summed E-state index contributed by atoms with van der Waals surface area (Å²) in [7, 11) is -2.97. The van der Waals surface area contributed by atoms with Crippen LogP contribution in [0.15, 0.2) is 60.7 Å². The third-order valence-electron chi connectivity index (χ3n) is 8.24. The molecular weight excluding hydrogens is 772 g/mol. The van der Waals surface area contributed by atoms with Crippen molar-refractivity contribution in [2.24, 2.45) is 5.73 Å². The number of nitrogens with two attached hydrogens (primary N) is 1. The smallest absolute Gasteiger partial charge is 0.303 e. The molecule has 0 aliphatic carbocycles. The Bertz CT molecular complexity index is 2110. The fraction of sp³-hybridized carbons (Fsp3) is 0.333. The second-order valence-corrected chi connectivity index (χ2v) is 14.0. The minimum atomic E-state index is -4.33. The van der Waals surface area contributed by atoms with Crippen LogP contribution in [0.5, 0.6) is 5.75 Å². The number of carbonyl (C=O) groups is 8. The summed E-state index contributed by atoms with van der Waals surface area (Å²) < 4.78 is 37.2. The molecule has 3 rings (SSSR count). The molecule has 6 amide bonds. The first-order valence-corrected chi connectivity index (χ1v) is 18.7. The number of fused-ring (bicyclic) bond motifs is 1. The van der Waals surface area contributed by atoms with E-state index in [1.807, 2.05) is 0 Å². The van der Waals surface area contributed by atoms with Crippen LogP contribution < -0.4 is 37.1 Å². The van der Waals surface area contributed by atoms with Crippen molar-refractivity contribution < 1.29 is 66.3 Å². The summed E-state index contributed by atoms with van der Waals surface area (Å²) in [4.78, 5) is 99.3. The van der Waals surface area contributed by atoms with Gasteiger partial charge in [-0.25, -0.2) is 0 Å². The maximum Gasteiger partial charge on any atom is 0.303 e. The van der Waals surface area contributed by atoms with Crippen LogP contribution in [0.25, 0.3) is 10.8 Å². The topological polar surface area (TPSA) is 327 Å². The molecule has 0 aliphatic rings. The van der Waals surface area contributed by atoms with E-state index in [-0.39, 0.29) is 29.7 Å². The maximum atomic E-state index is 13.8. The van der Waals surface area contributed by atoms with Crippen molar-refractivity contribution >= 4 is 68.3 Å². The third-order valence-corrected chi connectivity index (χ3v) is 8.94. The van der Waals surface area contributed by atoms with Crippen molar-refractivity contribution in [3.05, 3.63) is 77.4 Å².